The van der Waals surface area contributed by atoms with Crippen LogP contribution in [-0.2, 0) is 6.42 Å². The summed E-state index contributed by atoms with van der Waals surface area (Å²) >= 11 is 1.72. The standard InChI is InChI=1S/C17H21N3OS/c1-3-10-21-15-6-4-13(5-7-15)16-12(2)22-17-19-11-14(8-9-18)20(16)17/h4-7,11H,3,8-10,18H2,1-2H3. The van der Waals surface area contributed by atoms with Crippen LogP contribution in [0.5, 0.6) is 5.75 Å². The third-order valence-electron chi connectivity index (χ3n) is 3.61. The van der Waals surface area contributed by atoms with Crippen molar-refractivity contribution >= 4 is 16.3 Å². The molecule has 22 heavy (non-hydrogen) atoms. The first kappa shape index (κ1) is 15.1. The van der Waals surface area contributed by atoms with Gasteiger partial charge in [0.05, 0.1) is 18.5 Å². The second kappa shape index (κ2) is 6.50. The summed E-state index contributed by atoms with van der Waals surface area (Å²) in [5, 5.41) is 0. The highest BCUT2D eigenvalue weighted by atomic mass is 32.1. The van der Waals surface area contributed by atoms with Crippen molar-refractivity contribution < 1.29 is 4.74 Å². The molecule has 3 aromatic rings. The van der Waals surface area contributed by atoms with E-state index in [1.165, 1.54) is 21.8 Å². The number of hydrogen-bond acceptors (Lipinski definition) is 4. The lowest BCUT2D eigenvalue weighted by Crippen LogP contribution is -2.05. The third kappa shape index (κ3) is 2.74. The number of nitrogens with two attached hydrogens (primary N) is 1. The van der Waals surface area contributed by atoms with Gasteiger partial charge in [-0.2, -0.15) is 0 Å². The van der Waals surface area contributed by atoms with E-state index in [2.05, 4.69) is 35.4 Å². The number of rotatable bonds is 6. The number of fused-ring (bicyclic) bond motifs is 1. The second-order valence-electron chi connectivity index (χ2n) is 5.29. The summed E-state index contributed by atoms with van der Waals surface area (Å²) in [6, 6.07) is 8.30. The molecule has 1 aromatic carbocycles. The Morgan fingerprint density at radius 3 is 2.73 bits per heavy atom. The largest absolute Gasteiger partial charge is 0.494 e. The highest BCUT2D eigenvalue weighted by Crippen LogP contribution is 2.33. The summed E-state index contributed by atoms with van der Waals surface area (Å²) in [6.45, 7) is 5.63. The smallest absolute Gasteiger partial charge is 0.194 e. The molecule has 0 aliphatic carbocycles. The average molecular weight is 315 g/mol. The maximum Gasteiger partial charge on any atom is 0.194 e. The normalized spacial score (nSPS) is 11.2. The maximum absolute atomic E-state index is 5.72. The quantitative estimate of drug-likeness (QED) is 0.755. The molecular formula is C17H21N3OS. The van der Waals surface area contributed by atoms with Crippen molar-refractivity contribution in [3.8, 4) is 17.0 Å². The van der Waals surface area contributed by atoms with Gasteiger partial charge < -0.3 is 10.5 Å². The second-order valence-corrected chi connectivity index (χ2v) is 6.47. The van der Waals surface area contributed by atoms with Crippen LogP contribution in [-0.4, -0.2) is 22.5 Å². The van der Waals surface area contributed by atoms with Gasteiger partial charge >= 0.3 is 0 Å². The Morgan fingerprint density at radius 1 is 1.27 bits per heavy atom. The van der Waals surface area contributed by atoms with Crippen LogP contribution in [0.25, 0.3) is 16.2 Å². The van der Waals surface area contributed by atoms with Crippen LogP contribution in [0.2, 0.25) is 0 Å². The zero-order valence-corrected chi connectivity index (χ0v) is 13.8. The van der Waals surface area contributed by atoms with Crippen LogP contribution in [0.4, 0.5) is 0 Å². The molecule has 0 bridgehead atoms. The summed E-state index contributed by atoms with van der Waals surface area (Å²) in [4.78, 5) is 6.80. The molecule has 2 heterocycles. The number of aryl methyl sites for hydroxylation is 1. The van der Waals surface area contributed by atoms with Gasteiger partial charge in [0.1, 0.15) is 5.75 Å². The summed E-state index contributed by atoms with van der Waals surface area (Å²) in [5.74, 6) is 0.919. The van der Waals surface area contributed by atoms with Crippen molar-refractivity contribution in [3.63, 3.8) is 0 Å². The van der Waals surface area contributed by atoms with Gasteiger partial charge in [-0.1, -0.05) is 6.92 Å². The van der Waals surface area contributed by atoms with E-state index in [0.29, 0.717) is 6.54 Å². The maximum atomic E-state index is 5.72. The molecule has 0 atom stereocenters. The van der Waals surface area contributed by atoms with Gasteiger partial charge in [-0.15, -0.1) is 11.3 Å². The van der Waals surface area contributed by atoms with Gasteiger partial charge in [0, 0.05) is 17.0 Å². The predicted molar refractivity (Wildman–Crippen MR) is 91.8 cm³/mol. The van der Waals surface area contributed by atoms with Crippen LogP contribution in [0.15, 0.2) is 30.5 Å². The van der Waals surface area contributed by atoms with Gasteiger partial charge in [-0.3, -0.25) is 4.40 Å². The zero-order chi connectivity index (χ0) is 15.5. The molecule has 116 valence electrons. The molecule has 0 spiro atoms. The molecule has 0 unspecified atom stereocenters. The minimum atomic E-state index is 0.631. The number of benzene rings is 1. The summed E-state index contributed by atoms with van der Waals surface area (Å²) in [6.07, 6.45) is 3.78. The molecule has 0 aliphatic rings. The fraction of sp³-hybridized carbons (Fsp3) is 0.353. The van der Waals surface area contributed by atoms with Gasteiger partial charge in [0.25, 0.3) is 0 Å². The van der Waals surface area contributed by atoms with Crippen molar-refractivity contribution in [3.05, 3.63) is 41.0 Å². The highest BCUT2D eigenvalue weighted by molar-refractivity contribution is 7.17. The Labute approximate surface area is 134 Å². The van der Waals surface area contributed by atoms with Crippen molar-refractivity contribution in [2.45, 2.75) is 26.7 Å². The lowest BCUT2D eigenvalue weighted by molar-refractivity contribution is 0.317. The monoisotopic (exact) mass is 315 g/mol. The van der Waals surface area contributed by atoms with Crippen molar-refractivity contribution in [1.29, 1.82) is 0 Å². The Hall–Kier alpha value is -1.85. The Kier molecular flexibility index (Phi) is 4.45. The first-order valence-corrected chi connectivity index (χ1v) is 8.45. The number of aromatic nitrogens is 2. The zero-order valence-electron chi connectivity index (χ0n) is 13.0. The van der Waals surface area contributed by atoms with E-state index >= 15 is 0 Å². The van der Waals surface area contributed by atoms with E-state index in [-0.39, 0.29) is 0 Å². The lowest BCUT2D eigenvalue weighted by atomic mass is 10.1. The van der Waals surface area contributed by atoms with Crippen molar-refractivity contribution in [1.82, 2.24) is 9.38 Å². The first-order valence-electron chi connectivity index (χ1n) is 7.63. The molecule has 2 aromatic heterocycles. The van der Waals surface area contributed by atoms with Crippen molar-refractivity contribution in [2.24, 2.45) is 5.73 Å². The number of nitrogens with zero attached hydrogens (tertiary/aromatic N) is 2. The summed E-state index contributed by atoms with van der Waals surface area (Å²) < 4.78 is 7.89. The van der Waals surface area contributed by atoms with Crippen LogP contribution in [0.3, 0.4) is 0 Å². The number of imidazole rings is 1. The molecule has 3 rings (SSSR count). The Morgan fingerprint density at radius 2 is 2.05 bits per heavy atom. The van der Waals surface area contributed by atoms with E-state index < -0.39 is 0 Å². The summed E-state index contributed by atoms with van der Waals surface area (Å²) in [7, 11) is 0. The van der Waals surface area contributed by atoms with Gasteiger partial charge in [-0.05, 0) is 49.7 Å². The number of hydrogen-bond donors (Lipinski definition) is 1. The fourth-order valence-electron chi connectivity index (χ4n) is 2.61. The van der Waals surface area contributed by atoms with E-state index in [0.717, 1.165) is 30.2 Å². The minimum absolute atomic E-state index is 0.631. The van der Waals surface area contributed by atoms with Crippen LogP contribution >= 0.6 is 11.3 Å². The van der Waals surface area contributed by atoms with Crippen molar-refractivity contribution in [2.75, 3.05) is 13.2 Å². The number of ether oxygens (including phenoxy) is 1. The van der Waals surface area contributed by atoms with Gasteiger partial charge in [-0.25, -0.2) is 4.98 Å². The van der Waals surface area contributed by atoms with E-state index in [9.17, 15) is 0 Å². The molecule has 0 fully saturated rings. The van der Waals surface area contributed by atoms with Crippen LogP contribution < -0.4 is 10.5 Å². The fourth-order valence-corrected chi connectivity index (χ4v) is 3.59. The van der Waals surface area contributed by atoms with Gasteiger partial charge in [0.2, 0.25) is 0 Å². The molecule has 0 saturated carbocycles. The number of thiazole rings is 1. The lowest BCUT2D eigenvalue weighted by Gasteiger charge is -2.08. The molecule has 5 heteroatoms. The topological polar surface area (TPSA) is 52.5 Å². The average Bonchev–Trinajstić information content (AvgIpc) is 3.05. The molecule has 4 nitrogen and oxygen atoms in total. The minimum Gasteiger partial charge on any atom is -0.494 e. The van der Waals surface area contributed by atoms with Gasteiger partial charge in [0.15, 0.2) is 4.96 Å². The van der Waals surface area contributed by atoms with Crippen LogP contribution in [0.1, 0.15) is 23.9 Å². The SMILES string of the molecule is CCCOc1ccc(-c2c(C)sc3ncc(CCN)n23)cc1. The molecule has 0 radical (unpaired) electrons. The molecule has 0 amide bonds. The van der Waals surface area contributed by atoms with E-state index in [4.69, 9.17) is 10.5 Å². The molecule has 2 N–H and O–H groups in total. The summed E-state index contributed by atoms with van der Waals surface area (Å²) in [5.41, 5.74) is 9.28. The van der Waals surface area contributed by atoms with Crippen LogP contribution in [0, 0.1) is 6.92 Å². The molecule has 0 saturated heterocycles. The first-order chi connectivity index (χ1) is 10.7. The van der Waals surface area contributed by atoms with E-state index in [1.807, 2.05) is 18.3 Å². The Bertz CT molecular complexity index is 758. The molecular weight excluding hydrogens is 294 g/mol. The van der Waals surface area contributed by atoms with E-state index in [1.54, 1.807) is 11.3 Å². The highest BCUT2D eigenvalue weighted by Gasteiger charge is 2.15. The Balaban J connectivity index is 2.01. The molecule has 0 aliphatic heterocycles. The third-order valence-corrected chi connectivity index (χ3v) is 4.58. The predicted octanol–water partition coefficient (Wildman–Crippen LogP) is 3.66.